The van der Waals surface area contributed by atoms with Crippen LogP contribution in [-0.4, -0.2) is 69.4 Å². The molecule has 0 bridgehead atoms. The first-order valence-electron chi connectivity index (χ1n) is 11.2. The molecule has 0 spiro atoms. The zero-order valence-electron chi connectivity index (χ0n) is 18.4. The molecule has 2 amide bonds. The Hall–Kier alpha value is -3.07. The summed E-state index contributed by atoms with van der Waals surface area (Å²) in [5.74, 6) is 0.753. The lowest BCUT2D eigenvalue weighted by atomic mass is 10.3. The Labute approximate surface area is 194 Å². The van der Waals surface area contributed by atoms with Crippen LogP contribution in [0.3, 0.4) is 0 Å². The lowest BCUT2D eigenvalue weighted by Crippen LogP contribution is -2.32. The molecular formula is C24H28N2O6S. The molecule has 176 valence electrons. The van der Waals surface area contributed by atoms with Gasteiger partial charge in [0.25, 0.3) is 11.8 Å². The van der Waals surface area contributed by atoms with Crippen molar-refractivity contribution >= 4 is 21.7 Å². The van der Waals surface area contributed by atoms with Crippen LogP contribution in [0, 0.1) is 0 Å². The van der Waals surface area contributed by atoms with Gasteiger partial charge in [0.1, 0.15) is 11.5 Å². The SMILES string of the molecule is O=C(COc1ccc(S(=O)(=O)c2ccc(OCC(=O)N3CCCC3)cc2)cc1)N1CCCC1. The minimum absolute atomic E-state index is 0.0614. The molecule has 2 fully saturated rings. The molecule has 9 heteroatoms. The van der Waals surface area contributed by atoms with Gasteiger partial charge in [-0.3, -0.25) is 9.59 Å². The van der Waals surface area contributed by atoms with Crippen LogP contribution >= 0.6 is 0 Å². The number of sulfone groups is 1. The van der Waals surface area contributed by atoms with Crippen LogP contribution in [0.1, 0.15) is 25.7 Å². The number of benzene rings is 2. The summed E-state index contributed by atoms with van der Waals surface area (Å²) in [5.41, 5.74) is 0. The van der Waals surface area contributed by atoms with Crippen molar-refractivity contribution < 1.29 is 27.5 Å². The number of carbonyl (C=O) groups is 2. The maximum atomic E-state index is 12.9. The molecule has 8 nitrogen and oxygen atoms in total. The van der Waals surface area contributed by atoms with Crippen molar-refractivity contribution in [2.24, 2.45) is 0 Å². The van der Waals surface area contributed by atoms with E-state index in [1.165, 1.54) is 24.3 Å². The van der Waals surface area contributed by atoms with Gasteiger partial charge < -0.3 is 19.3 Å². The first-order chi connectivity index (χ1) is 15.9. The highest BCUT2D eigenvalue weighted by atomic mass is 32.2. The largest absolute Gasteiger partial charge is 0.484 e. The Bertz CT molecular complexity index is 989. The van der Waals surface area contributed by atoms with Crippen LogP contribution in [0.25, 0.3) is 0 Å². The minimum Gasteiger partial charge on any atom is -0.484 e. The molecule has 0 atom stereocenters. The van der Waals surface area contributed by atoms with Crippen LogP contribution in [0.15, 0.2) is 58.3 Å². The highest BCUT2D eigenvalue weighted by molar-refractivity contribution is 7.91. The average molecular weight is 473 g/mol. The number of likely N-dealkylation sites (tertiary alicyclic amines) is 2. The van der Waals surface area contributed by atoms with Crippen molar-refractivity contribution in [2.75, 3.05) is 39.4 Å². The summed E-state index contributed by atoms with van der Waals surface area (Å²) in [6.45, 7) is 2.92. The predicted molar refractivity (Wildman–Crippen MR) is 121 cm³/mol. The van der Waals surface area contributed by atoms with E-state index in [2.05, 4.69) is 0 Å². The molecule has 2 aliphatic heterocycles. The van der Waals surface area contributed by atoms with Gasteiger partial charge in [0.05, 0.1) is 9.79 Å². The molecule has 0 saturated carbocycles. The molecule has 2 aromatic rings. The Morgan fingerprint density at radius 2 is 0.970 bits per heavy atom. The second-order valence-electron chi connectivity index (χ2n) is 8.20. The maximum Gasteiger partial charge on any atom is 0.260 e. The standard InChI is InChI=1S/C24H28N2O6S/c27-23(25-13-1-2-14-25)17-31-19-5-9-21(10-6-19)33(29,30)22-11-7-20(8-12-22)32-18-24(28)26-15-3-4-16-26/h5-12H,1-4,13-18H2. The summed E-state index contributed by atoms with van der Waals surface area (Å²) in [6, 6.07) is 12.0. The summed E-state index contributed by atoms with van der Waals surface area (Å²) in [5, 5.41) is 0. The summed E-state index contributed by atoms with van der Waals surface area (Å²) < 4.78 is 36.9. The van der Waals surface area contributed by atoms with Crippen molar-refractivity contribution in [3.05, 3.63) is 48.5 Å². The second-order valence-corrected chi connectivity index (χ2v) is 10.1. The number of amides is 2. The van der Waals surface area contributed by atoms with E-state index in [-0.39, 0.29) is 34.8 Å². The third kappa shape index (κ3) is 5.65. The highest BCUT2D eigenvalue weighted by Gasteiger charge is 2.21. The molecule has 2 heterocycles. The smallest absolute Gasteiger partial charge is 0.260 e. The molecule has 0 aliphatic carbocycles. The average Bonchev–Trinajstić information content (AvgIpc) is 3.56. The molecule has 0 N–H and O–H groups in total. The molecule has 0 unspecified atom stereocenters. The van der Waals surface area contributed by atoms with E-state index in [0.717, 1.165) is 51.9 Å². The highest BCUT2D eigenvalue weighted by Crippen LogP contribution is 2.25. The van der Waals surface area contributed by atoms with Crippen LogP contribution in [0.5, 0.6) is 11.5 Å². The number of nitrogens with zero attached hydrogens (tertiary/aromatic N) is 2. The van der Waals surface area contributed by atoms with Crippen LogP contribution < -0.4 is 9.47 Å². The predicted octanol–water partition coefficient (Wildman–Crippen LogP) is 2.52. The Balaban J connectivity index is 1.33. The Morgan fingerprint density at radius 3 is 1.30 bits per heavy atom. The van der Waals surface area contributed by atoms with Crippen LogP contribution in [0.2, 0.25) is 0 Å². The van der Waals surface area contributed by atoms with E-state index < -0.39 is 9.84 Å². The summed E-state index contributed by atoms with van der Waals surface area (Å²) in [4.78, 5) is 28.0. The number of carbonyl (C=O) groups excluding carboxylic acids is 2. The van der Waals surface area contributed by atoms with Crippen molar-refractivity contribution in [3.8, 4) is 11.5 Å². The van der Waals surface area contributed by atoms with Gasteiger partial charge in [-0.25, -0.2) is 8.42 Å². The maximum absolute atomic E-state index is 12.9. The molecule has 4 rings (SSSR count). The summed E-state index contributed by atoms with van der Waals surface area (Å²) >= 11 is 0. The quantitative estimate of drug-likeness (QED) is 0.586. The number of hydrogen-bond donors (Lipinski definition) is 0. The van der Waals surface area contributed by atoms with E-state index in [4.69, 9.17) is 9.47 Å². The lowest BCUT2D eigenvalue weighted by Gasteiger charge is -2.16. The van der Waals surface area contributed by atoms with Crippen molar-refractivity contribution in [1.82, 2.24) is 9.80 Å². The Kier molecular flexibility index (Phi) is 7.17. The van der Waals surface area contributed by atoms with Gasteiger partial charge in [0.2, 0.25) is 9.84 Å². The number of hydrogen-bond acceptors (Lipinski definition) is 6. The first kappa shape index (κ1) is 23.1. The first-order valence-corrected chi connectivity index (χ1v) is 12.7. The van der Waals surface area contributed by atoms with Gasteiger partial charge in [0, 0.05) is 26.2 Å². The van der Waals surface area contributed by atoms with Crippen molar-refractivity contribution in [1.29, 1.82) is 0 Å². The van der Waals surface area contributed by atoms with Gasteiger partial charge in [-0.15, -0.1) is 0 Å². The van der Waals surface area contributed by atoms with E-state index in [1.807, 2.05) is 0 Å². The minimum atomic E-state index is -3.72. The molecule has 2 aromatic carbocycles. The molecular weight excluding hydrogens is 444 g/mol. The summed E-state index contributed by atoms with van der Waals surface area (Å²) in [7, 11) is -3.72. The van der Waals surface area contributed by atoms with Gasteiger partial charge in [-0.1, -0.05) is 0 Å². The topological polar surface area (TPSA) is 93.2 Å². The van der Waals surface area contributed by atoms with E-state index in [0.29, 0.717) is 11.5 Å². The van der Waals surface area contributed by atoms with E-state index in [9.17, 15) is 18.0 Å². The van der Waals surface area contributed by atoms with E-state index >= 15 is 0 Å². The zero-order chi connectivity index (χ0) is 23.3. The van der Waals surface area contributed by atoms with Gasteiger partial charge in [0.15, 0.2) is 13.2 Å². The van der Waals surface area contributed by atoms with Gasteiger partial charge in [-0.2, -0.15) is 0 Å². The number of ether oxygens (including phenoxy) is 2. The van der Waals surface area contributed by atoms with E-state index in [1.54, 1.807) is 34.1 Å². The van der Waals surface area contributed by atoms with Crippen LogP contribution in [0.4, 0.5) is 0 Å². The van der Waals surface area contributed by atoms with Crippen molar-refractivity contribution in [3.63, 3.8) is 0 Å². The second kappa shape index (κ2) is 10.2. The fourth-order valence-electron chi connectivity index (χ4n) is 3.97. The molecule has 33 heavy (non-hydrogen) atoms. The lowest BCUT2D eigenvalue weighted by molar-refractivity contribution is -0.133. The van der Waals surface area contributed by atoms with Crippen LogP contribution in [-0.2, 0) is 19.4 Å². The molecule has 2 aliphatic rings. The fourth-order valence-corrected chi connectivity index (χ4v) is 5.23. The Morgan fingerprint density at radius 1 is 0.636 bits per heavy atom. The fraction of sp³-hybridized carbons (Fsp3) is 0.417. The summed E-state index contributed by atoms with van der Waals surface area (Å²) in [6.07, 6.45) is 4.06. The third-order valence-corrected chi connectivity index (χ3v) is 7.70. The van der Waals surface area contributed by atoms with Gasteiger partial charge >= 0.3 is 0 Å². The third-order valence-electron chi connectivity index (χ3n) is 5.91. The monoisotopic (exact) mass is 472 g/mol. The zero-order valence-corrected chi connectivity index (χ0v) is 19.3. The molecule has 2 saturated heterocycles. The normalized spacial score (nSPS) is 16.1. The van der Waals surface area contributed by atoms with Crippen molar-refractivity contribution in [2.45, 2.75) is 35.5 Å². The molecule has 0 radical (unpaired) electrons. The molecule has 0 aromatic heterocycles. The van der Waals surface area contributed by atoms with Gasteiger partial charge in [-0.05, 0) is 74.2 Å². The number of rotatable bonds is 8.